The van der Waals surface area contributed by atoms with Crippen LogP contribution in [0.15, 0.2) is 34.5 Å². The third-order valence-corrected chi connectivity index (χ3v) is 7.29. The summed E-state index contributed by atoms with van der Waals surface area (Å²) in [6.45, 7) is 5.33. The molecule has 1 N–H and O–H groups in total. The lowest BCUT2D eigenvalue weighted by Crippen LogP contribution is -2.48. The number of aromatic nitrogens is 1. The second kappa shape index (κ2) is 8.33. The standard InChI is InChI=1S/C26H33FN2O4/c1-25(2,3)33-24(30)28-14-19(13-27)15-31-20-4-5-21-22(9-20)32-23(29-21)26-10-16-6-17(11-26)8-18(7-16)12-26/h4-5,9,13,16-18H,6-8,10-12,14-15H2,1-3H3,(H,28,30)/b19-13+. The Kier molecular flexibility index (Phi) is 5.61. The first-order valence-corrected chi connectivity index (χ1v) is 12.0. The number of rotatable bonds is 6. The predicted octanol–water partition coefficient (Wildman–Crippen LogP) is 6.05. The predicted molar refractivity (Wildman–Crippen MR) is 123 cm³/mol. The van der Waals surface area contributed by atoms with Gasteiger partial charge in [0.05, 0.1) is 6.33 Å². The fourth-order valence-electron chi connectivity index (χ4n) is 6.39. The van der Waals surface area contributed by atoms with Crippen molar-refractivity contribution in [2.75, 3.05) is 13.2 Å². The van der Waals surface area contributed by atoms with Gasteiger partial charge in [-0.3, -0.25) is 0 Å². The average molecular weight is 457 g/mol. The molecule has 0 spiro atoms. The molecule has 1 heterocycles. The lowest BCUT2D eigenvalue weighted by Gasteiger charge is -2.55. The molecule has 4 bridgehead atoms. The molecule has 7 heteroatoms. The molecule has 33 heavy (non-hydrogen) atoms. The number of nitrogens with one attached hydrogen (secondary N) is 1. The van der Waals surface area contributed by atoms with Crippen LogP contribution in [0.5, 0.6) is 5.75 Å². The van der Waals surface area contributed by atoms with Crippen LogP contribution in [0, 0.1) is 17.8 Å². The maximum atomic E-state index is 13.3. The molecule has 6 nitrogen and oxygen atoms in total. The molecule has 2 aromatic rings. The summed E-state index contributed by atoms with van der Waals surface area (Å²) in [5.41, 5.74) is 1.33. The molecule has 0 atom stereocenters. The van der Waals surface area contributed by atoms with Gasteiger partial charge in [0.1, 0.15) is 23.5 Å². The monoisotopic (exact) mass is 456 g/mol. The largest absolute Gasteiger partial charge is 0.489 e. The molecule has 4 saturated carbocycles. The first-order chi connectivity index (χ1) is 15.7. The minimum Gasteiger partial charge on any atom is -0.489 e. The van der Waals surface area contributed by atoms with Crippen LogP contribution in [-0.4, -0.2) is 29.8 Å². The van der Waals surface area contributed by atoms with Gasteiger partial charge in [-0.25, -0.2) is 14.2 Å². The Morgan fingerprint density at radius 2 is 1.88 bits per heavy atom. The summed E-state index contributed by atoms with van der Waals surface area (Å²) in [7, 11) is 0. The van der Waals surface area contributed by atoms with E-state index >= 15 is 0 Å². The molecule has 0 unspecified atom stereocenters. The summed E-state index contributed by atoms with van der Waals surface area (Å²) in [6, 6.07) is 5.55. The van der Waals surface area contributed by atoms with Crippen molar-refractivity contribution in [3.8, 4) is 5.75 Å². The maximum absolute atomic E-state index is 13.3. The quantitative estimate of drug-likeness (QED) is 0.573. The summed E-state index contributed by atoms with van der Waals surface area (Å²) in [5.74, 6) is 3.94. The summed E-state index contributed by atoms with van der Waals surface area (Å²) in [4.78, 5) is 16.7. The van der Waals surface area contributed by atoms with Crippen LogP contribution in [0.2, 0.25) is 0 Å². The first kappa shape index (κ1) is 22.2. The lowest BCUT2D eigenvalue weighted by molar-refractivity contribution is -0.0170. The van der Waals surface area contributed by atoms with Crippen LogP contribution in [0.1, 0.15) is 65.2 Å². The maximum Gasteiger partial charge on any atom is 0.407 e. The van der Waals surface area contributed by atoms with Crippen LogP contribution < -0.4 is 10.1 Å². The number of ether oxygens (including phenoxy) is 2. The number of nitrogens with zero attached hydrogens (tertiary/aromatic N) is 1. The SMILES string of the molecule is CC(C)(C)OC(=O)NC/C(=C\F)COc1ccc2nc(C34CC5CC(CC(C5)C3)C4)oc2c1. The number of hydrogen-bond donors (Lipinski definition) is 1. The number of carbonyl (C=O) groups excluding carboxylic acids is 1. The minimum atomic E-state index is -0.609. The summed E-state index contributed by atoms with van der Waals surface area (Å²) >= 11 is 0. The first-order valence-electron chi connectivity index (χ1n) is 12.0. The number of carbonyl (C=O) groups is 1. The number of hydrogen-bond acceptors (Lipinski definition) is 5. The zero-order chi connectivity index (χ0) is 23.2. The number of fused-ring (bicyclic) bond motifs is 1. The van der Waals surface area contributed by atoms with Gasteiger partial charge in [-0.15, -0.1) is 0 Å². The van der Waals surface area contributed by atoms with E-state index in [9.17, 15) is 9.18 Å². The van der Waals surface area contributed by atoms with Crippen molar-refractivity contribution in [2.45, 2.75) is 70.3 Å². The molecule has 0 saturated heterocycles. The topological polar surface area (TPSA) is 73.6 Å². The fourth-order valence-corrected chi connectivity index (χ4v) is 6.39. The van der Waals surface area contributed by atoms with E-state index in [1.165, 1.54) is 38.5 Å². The molecule has 4 aliphatic carbocycles. The van der Waals surface area contributed by atoms with Crippen molar-refractivity contribution in [2.24, 2.45) is 17.8 Å². The van der Waals surface area contributed by atoms with Crippen molar-refractivity contribution in [3.05, 3.63) is 36.0 Å². The Morgan fingerprint density at radius 1 is 1.21 bits per heavy atom. The highest BCUT2D eigenvalue weighted by Crippen LogP contribution is 2.60. The molecule has 1 amide bonds. The lowest BCUT2D eigenvalue weighted by atomic mass is 9.49. The number of halogens is 1. The van der Waals surface area contributed by atoms with E-state index in [-0.39, 0.29) is 18.6 Å². The van der Waals surface area contributed by atoms with E-state index in [4.69, 9.17) is 18.9 Å². The van der Waals surface area contributed by atoms with Gasteiger partial charge in [0, 0.05) is 23.6 Å². The fraction of sp³-hybridized carbons (Fsp3) is 0.615. The molecule has 4 fully saturated rings. The smallest absolute Gasteiger partial charge is 0.407 e. The van der Waals surface area contributed by atoms with E-state index in [1.54, 1.807) is 20.8 Å². The molecule has 6 rings (SSSR count). The van der Waals surface area contributed by atoms with E-state index in [2.05, 4.69) is 5.32 Å². The molecule has 1 aromatic carbocycles. The van der Waals surface area contributed by atoms with Crippen LogP contribution in [-0.2, 0) is 10.2 Å². The highest BCUT2D eigenvalue weighted by molar-refractivity contribution is 5.74. The highest BCUT2D eigenvalue weighted by atomic mass is 19.1. The normalized spacial score (nSPS) is 28.8. The molecular weight excluding hydrogens is 423 g/mol. The van der Waals surface area contributed by atoms with Gasteiger partial charge in [-0.1, -0.05) is 0 Å². The molecule has 0 aliphatic heterocycles. The number of amides is 1. The third kappa shape index (κ3) is 4.73. The zero-order valence-electron chi connectivity index (χ0n) is 19.7. The van der Waals surface area contributed by atoms with Gasteiger partial charge in [-0.2, -0.15) is 0 Å². The Hall–Kier alpha value is -2.57. The summed E-state index contributed by atoms with van der Waals surface area (Å²) in [6.07, 6.45) is 7.59. The number of benzene rings is 1. The van der Waals surface area contributed by atoms with Crippen molar-refractivity contribution in [1.82, 2.24) is 10.3 Å². The van der Waals surface area contributed by atoms with Crippen molar-refractivity contribution < 1.29 is 23.1 Å². The summed E-state index contributed by atoms with van der Waals surface area (Å²) < 4.78 is 30.5. The molecule has 178 valence electrons. The van der Waals surface area contributed by atoms with E-state index in [1.807, 2.05) is 18.2 Å². The number of oxazole rings is 1. The molecule has 0 radical (unpaired) electrons. The molecule has 1 aromatic heterocycles. The van der Waals surface area contributed by atoms with Gasteiger partial charge in [0.15, 0.2) is 5.58 Å². The Balaban J connectivity index is 1.23. The van der Waals surface area contributed by atoms with E-state index in [0.29, 0.717) is 23.2 Å². The van der Waals surface area contributed by atoms with Gasteiger partial charge in [0.25, 0.3) is 0 Å². The van der Waals surface area contributed by atoms with Crippen LogP contribution in [0.25, 0.3) is 11.1 Å². The van der Waals surface area contributed by atoms with Crippen LogP contribution in [0.4, 0.5) is 9.18 Å². The minimum absolute atomic E-state index is 0.00608. The van der Waals surface area contributed by atoms with E-state index < -0.39 is 11.7 Å². The summed E-state index contributed by atoms with van der Waals surface area (Å²) in [5, 5.41) is 2.54. The second-order valence-corrected chi connectivity index (χ2v) is 11.3. The Bertz CT molecular complexity index is 1030. The highest BCUT2D eigenvalue weighted by Gasteiger charge is 2.54. The average Bonchev–Trinajstić information content (AvgIpc) is 3.16. The third-order valence-electron chi connectivity index (χ3n) is 7.29. The van der Waals surface area contributed by atoms with Crippen molar-refractivity contribution >= 4 is 17.2 Å². The molecular formula is C26H33FN2O4. The van der Waals surface area contributed by atoms with Crippen LogP contribution in [0.3, 0.4) is 0 Å². The number of alkyl carbamates (subject to hydrolysis) is 1. The van der Waals surface area contributed by atoms with Crippen molar-refractivity contribution in [1.29, 1.82) is 0 Å². The molecule has 4 aliphatic rings. The zero-order valence-corrected chi connectivity index (χ0v) is 19.7. The van der Waals surface area contributed by atoms with Gasteiger partial charge >= 0.3 is 6.09 Å². The van der Waals surface area contributed by atoms with E-state index in [0.717, 1.165) is 29.2 Å². The van der Waals surface area contributed by atoms with Crippen molar-refractivity contribution in [3.63, 3.8) is 0 Å². The van der Waals surface area contributed by atoms with Crippen LogP contribution >= 0.6 is 0 Å². The van der Waals surface area contributed by atoms with Gasteiger partial charge in [0.2, 0.25) is 5.89 Å². The Morgan fingerprint density at radius 3 is 2.48 bits per heavy atom. The van der Waals surface area contributed by atoms with Gasteiger partial charge in [-0.05, 0) is 89.2 Å². The second-order valence-electron chi connectivity index (χ2n) is 11.3. The Labute approximate surface area is 193 Å². The van der Waals surface area contributed by atoms with Gasteiger partial charge < -0.3 is 19.2 Å².